The highest BCUT2D eigenvalue weighted by molar-refractivity contribution is 6.32. The van der Waals surface area contributed by atoms with Crippen LogP contribution in [-0.4, -0.2) is 33.1 Å². The van der Waals surface area contributed by atoms with Crippen LogP contribution in [0.3, 0.4) is 0 Å². The van der Waals surface area contributed by atoms with Gasteiger partial charge in [-0.1, -0.05) is 11.6 Å². The van der Waals surface area contributed by atoms with E-state index in [0.29, 0.717) is 5.69 Å². The highest BCUT2D eigenvalue weighted by Crippen LogP contribution is 2.41. The van der Waals surface area contributed by atoms with E-state index in [4.69, 9.17) is 21.4 Å². The first kappa shape index (κ1) is 14.1. The van der Waals surface area contributed by atoms with Gasteiger partial charge in [-0.2, -0.15) is 9.49 Å². The fourth-order valence-electron chi connectivity index (χ4n) is 1.80. The van der Waals surface area contributed by atoms with Crippen LogP contribution in [0.15, 0.2) is 12.1 Å². The number of rotatable bonds is 3. The fourth-order valence-corrected chi connectivity index (χ4v) is 2.00. The molecule has 0 spiro atoms. The number of aromatic carboxylic acids is 1. The molecule has 20 heavy (non-hydrogen) atoms. The molecular weight excluding hydrogens is 291 g/mol. The van der Waals surface area contributed by atoms with Crippen LogP contribution in [0.25, 0.3) is 11.3 Å². The Morgan fingerprint density at radius 2 is 2.15 bits per heavy atom. The molecule has 1 heterocycles. The number of ether oxygens (including phenoxy) is 1. The summed E-state index contributed by atoms with van der Waals surface area (Å²) in [5, 5.41) is 21.9. The molecule has 0 amide bonds. The van der Waals surface area contributed by atoms with Crippen molar-refractivity contribution in [1.29, 1.82) is 0 Å². The van der Waals surface area contributed by atoms with Gasteiger partial charge >= 0.3 is 5.97 Å². The predicted octanol–water partition coefficient (Wildman–Crippen LogP) is 2.29. The van der Waals surface area contributed by atoms with Crippen LogP contribution in [-0.2, 0) is 7.05 Å². The number of carboxylic acids is 1. The predicted molar refractivity (Wildman–Crippen MR) is 68.8 cm³/mol. The van der Waals surface area contributed by atoms with Crippen molar-refractivity contribution in [3.63, 3.8) is 0 Å². The molecule has 2 N–H and O–H groups in total. The van der Waals surface area contributed by atoms with Crippen LogP contribution in [0.4, 0.5) is 4.39 Å². The van der Waals surface area contributed by atoms with Crippen molar-refractivity contribution in [2.24, 2.45) is 7.05 Å². The van der Waals surface area contributed by atoms with Gasteiger partial charge in [-0.15, -0.1) is 0 Å². The largest absolute Gasteiger partial charge is 0.504 e. The first-order chi connectivity index (χ1) is 9.36. The van der Waals surface area contributed by atoms with Crippen molar-refractivity contribution in [3.8, 4) is 22.8 Å². The smallest absolute Gasteiger partial charge is 0.356 e. The molecule has 1 aromatic carbocycles. The highest BCUT2D eigenvalue weighted by Gasteiger charge is 2.22. The maximum absolute atomic E-state index is 13.9. The lowest BCUT2D eigenvalue weighted by molar-refractivity contribution is 0.0689. The monoisotopic (exact) mass is 300 g/mol. The van der Waals surface area contributed by atoms with Crippen molar-refractivity contribution in [2.45, 2.75) is 0 Å². The third-order valence-corrected chi connectivity index (χ3v) is 3.02. The Bertz CT molecular complexity index is 699. The van der Waals surface area contributed by atoms with Gasteiger partial charge in [0.2, 0.25) is 5.82 Å². The molecule has 0 saturated carbocycles. The fraction of sp³-hybridized carbons (Fsp3) is 0.167. The highest BCUT2D eigenvalue weighted by atomic mass is 35.5. The summed E-state index contributed by atoms with van der Waals surface area (Å²) >= 11 is 5.73. The van der Waals surface area contributed by atoms with Crippen LogP contribution in [0, 0.1) is 5.82 Å². The summed E-state index contributed by atoms with van der Waals surface area (Å²) < 4.78 is 20.1. The summed E-state index contributed by atoms with van der Waals surface area (Å²) in [6.07, 6.45) is 0. The van der Waals surface area contributed by atoms with E-state index in [1.165, 1.54) is 31.0 Å². The average Bonchev–Trinajstić information content (AvgIpc) is 2.78. The van der Waals surface area contributed by atoms with Crippen LogP contribution in [0.1, 0.15) is 10.5 Å². The number of phenolic OH excluding ortho intramolecular Hbond substituents is 1. The minimum atomic E-state index is -1.21. The van der Waals surface area contributed by atoms with Gasteiger partial charge in [0.1, 0.15) is 0 Å². The minimum absolute atomic E-state index is 0.190. The molecule has 0 aliphatic heterocycles. The molecular formula is C12H10ClFN2O4. The normalized spacial score (nSPS) is 10.6. The van der Waals surface area contributed by atoms with Crippen molar-refractivity contribution in [3.05, 3.63) is 28.7 Å². The lowest BCUT2D eigenvalue weighted by Crippen LogP contribution is -2.00. The van der Waals surface area contributed by atoms with Gasteiger partial charge in [0.05, 0.1) is 17.8 Å². The quantitative estimate of drug-likeness (QED) is 0.908. The van der Waals surface area contributed by atoms with Crippen molar-refractivity contribution < 1.29 is 24.1 Å². The van der Waals surface area contributed by atoms with Crippen LogP contribution in [0.2, 0.25) is 5.02 Å². The lowest BCUT2D eigenvalue weighted by Gasteiger charge is -2.11. The summed E-state index contributed by atoms with van der Waals surface area (Å²) in [5.74, 6) is -3.20. The maximum Gasteiger partial charge on any atom is 0.356 e. The van der Waals surface area contributed by atoms with Gasteiger partial charge in [0.15, 0.2) is 17.2 Å². The number of aromatic nitrogens is 2. The standard InChI is InChI=1S/C12H10ClFN2O4/c1-16-8(4-7(15-16)12(18)19)5-3-6(13)10(17)9(14)11(5)20-2/h3-4,17H,1-2H3,(H,18,19). The third kappa shape index (κ3) is 2.16. The van der Waals surface area contributed by atoms with E-state index in [2.05, 4.69) is 5.10 Å². The molecule has 0 radical (unpaired) electrons. The summed E-state index contributed by atoms with van der Waals surface area (Å²) in [6, 6.07) is 2.54. The molecule has 0 atom stereocenters. The van der Waals surface area contributed by atoms with Crippen LogP contribution < -0.4 is 4.74 Å². The maximum atomic E-state index is 13.9. The molecule has 0 saturated heterocycles. The number of carbonyl (C=O) groups is 1. The van der Waals surface area contributed by atoms with E-state index in [0.717, 1.165) is 0 Å². The first-order valence-corrected chi connectivity index (χ1v) is 5.77. The molecule has 2 aromatic rings. The molecule has 0 aliphatic carbocycles. The van der Waals surface area contributed by atoms with Crippen molar-refractivity contribution in [1.82, 2.24) is 9.78 Å². The molecule has 0 aliphatic rings. The summed E-state index contributed by atoms with van der Waals surface area (Å²) in [7, 11) is 2.73. The van der Waals surface area contributed by atoms with Crippen molar-refractivity contribution in [2.75, 3.05) is 7.11 Å². The molecule has 1 aromatic heterocycles. The number of aryl methyl sites for hydroxylation is 1. The second-order valence-electron chi connectivity index (χ2n) is 3.95. The van der Waals surface area contributed by atoms with Gasteiger partial charge in [-0.05, 0) is 12.1 Å². The van der Waals surface area contributed by atoms with Crippen LogP contribution in [0.5, 0.6) is 11.5 Å². The molecule has 2 rings (SSSR count). The topological polar surface area (TPSA) is 84.6 Å². The number of nitrogens with zero attached hydrogens (tertiary/aromatic N) is 2. The molecule has 0 bridgehead atoms. The van der Waals surface area contributed by atoms with E-state index in [9.17, 15) is 14.3 Å². The number of hydrogen-bond acceptors (Lipinski definition) is 4. The Balaban J connectivity index is 2.72. The Hall–Kier alpha value is -2.28. The lowest BCUT2D eigenvalue weighted by atomic mass is 10.1. The third-order valence-electron chi connectivity index (χ3n) is 2.73. The van der Waals surface area contributed by atoms with Gasteiger partial charge in [0.25, 0.3) is 0 Å². The second-order valence-corrected chi connectivity index (χ2v) is 4.35. The summed E-state index contributed by atoms with van der Waals surface area (Å²) in [4.78, 5) is 10.9. The Morgan fingerprint density at radius 1 is 1.50 bits per heavy atom. The zero-order chi connectivity index (χ0) is 15.0. The zero-order valence-corrected chi connectivity index (χ0v) is 11.3. The SMILES string of the molecule is COc1c(-c2cc(C(=O)O)nn2C)cc(Cl)c(O)c1F. The summed E-state index contributed by atoms with van der Waals surface area (Å²) in [5.41, 5.74) is 0.282. The summed E-state index contributed by atoms with van der Waals surface area (Å²) in [6.45, 7) is 0. The minimum Gasteiger partial charge on any atom is -0.504 e. The number of aromatic hydroxyl groups is 1. The van der Waals surface area contributed by atoms with E-state index in [-0.39, 0.29) is 22.0 Å². The first-order valence-electron chi connectivity index (χ1n) is 5.39. The van der Waals surface area contributed by atoms with Gasteiger partial charge in [-0.25, -0.2) is 4.79 Å². The van der Waals surface area contributed by atoms with Gasteiger partial charge in [0, 0.05) is 12.6 Å². The van der Waals surface area contributed by atoms with E-state index < -0.39 is 17.5 Å². The van der Waals surface area contributed by atoms with Crippen LogP contribution >= 0.6 is 11.6 Å². The number of halogens is 2. The molecule has 6 nitrogen and oxygen atoms in total. The van der Waals surface area contributed by atoms with Gasteiger partial charge < -0.3 is 14.9 Å². The molecule has 0 fully saturated rings. The Morgan fingerprint density at radius 3 is 2.65 bits per heavy atom. The molecule has 106 valence electrons. The Labute approximate surface area is 118 Å². The number of carboxylic acid groups (broad SMARTS) is 1. The number of hydrogen-bond donors (Lipinski definition) is 2. The van der Waals surface area contributed by atoms with E-state index in [1.807, 2.05) is 0 Å². The Kier molecular flexibility index (Phi) is 3.54. The van der Waals surface area contributed by atoms with Gasteiger partial charge in [-0.3, -0.25) is 4.68 Å². The van der Waals surface area contributed by atoms with E-state index >= 15 is 0 Å². The number of phenols is 1. The van der Waals surface area contributed by atoms with Crippen molar-refractivity contribution >= 4 is 17.6 Å². The second kappa shape index (κ2) is 5.01. The van der Waals surface area contributed by atoms with E-state index in [1.54, 1.807) is 0 Å². The number of methoxy groups -OCH3 is 1. The number of benzene rings is 1. The molecule has 8 heteroatoms. The molecule has 0 unspecified atom stereocenters. The zero-order valence-electron chi connectivity index (χ0n) is 10.5. The average molecular weight is 301 g/mol.